The molecule has 0 bridgehead atoms. The summed E-state index contributed by atoms with van der Waals surface area (Å²) >= 11 is 0. The van der Waals surface area contributed by atoms with E-state index in [2.05, 4.69) is 21.3 Å². The molecule has 3 heterocycles. The van der Waals surface area contributed by atoms with Gasteiger partial charge in [-0.2, -0.15) is 0 Å². The molecular weight excluding hydrogens is 298 g/mol. The second-order valence-electron chi connectivity index (χ2n) is 6.60. The van der Waals surface area contributed by atoms with Gasteiger partial charge >= 0.3 is 0 Å². The summed E-state index contributed by atoms with van der Waals surface area (Å²) in [6.07, 6.45) is 2.53. The second kappa shape index (κ2) is 6.03. The van der Waals surface area contributed by atoms with E-state index in [1.807, 2.05) is 24.3 Å². The lowest BCUT2D eigenvalue weighted by Gasteiger charge is -2.22. The van der Waals surface area contributed by atoms with Gasteiger partial charge in [-0.15, -0.1) is 12.4 Å². The Morgan fingerprint density at radius 3 is 2.91 bits per heavy atom. The van der Waals surface area contributed by atoms with Crippen LogP contribution in [0, 0.1) is 5.41 Å². The van der Waals surface area contributed by atoms with Gasteiger partial charge in [-0.25, -0.2) is 0 Å². The van der Waals surface area contributed by atoms with Crippen LogP contribution in [0.25, 0.3) is 10.9 Å². The Kier molecular flexibility index (Phi) is 4.26. The van der Waals surface area contributed by atoms with Gasteiger partial charge in [0, 0.05) is 30.7 Å². The number of H-pyrrole nitrogens is 1. The highest BCUT2D eigenvalue weighted by Gasteiger charge is 2.40. The molecule has 1 aromatic heterocycles. The molecule has 4 nitrogen and oxygen atoms in total. The van der Waals surface area contributed by atoms with Crippen molar-refractivity contribution in [3.05, 3.63) is 46.2 Å². The number of aromatic nitrogens is 1. The zero-order chi connectivity index (χ0) is 14.3. The van der Waals surface area contributed by atoms with Gasteiger partial charge < -0.3 is 10.3 Å². The molecule has 0 amide bonds. The maximum atomic E-state index is 12.2. The molecule has 1 atom stereocenters. The van der Waals surface area contributed by atoms with Crippen LogP contribution in [0.2, 0.25) is 0 Å². The molecule has 2 saturated heterocycles. The molecule has 1 aromatic carbocycles. The molecule has 0 saturated carbocycles. The molecule has 0 aliphatic carbocycles. The molecule has 0 radical (unpaired) electrons. The van der Waals surface area contributed by atoms with Crippen LogP contribution in [-0.4, -0.2) is 36.1 Å². The fraction of sp³-hybridized carbons (Fsp3) is 0.471. The minimum absolute atomic E-state index is 0. The van der Waals surface area contributed by atoms with Gasteiger partial charge in [0.05, 0.1) is 0 Å². The van der Waals surface area contributed by atoms with Crippen molar-refractivity contribution in [3.63, 3.8) is 0 Å². The molecule has 2 fully saturated rings. The molecule has 2 aromatic rings. The molecule has 1 unspecified atom stereocenters. The van der Waals surface area contributed by atoms with Crippen LogP contribution in [-0.2, 0) is 6.54 Å². The van der Waals surface area contributed by atoms with Crippen molar-refractivity contribution in [1.29, 1.82) is 0 Å². The van der Waals surface area contributed by atoms with E-state index in [0.717, 1.165) is 49.2 Å². The highest BCUT2D eigenvalue weighted by molar-refractivity contribution is 5.85. The number of fused-ring (bicyclic) bond motifs is 1. The number of halogens is 1. The maximum absolute atomic E-state index is 12.2. The first kappa shape index (κ1) is 15.5. The average molecular weight is 320 g/mol. The quantitative estimate of drug-likeness (QED) is 0.891. The van der Waals surface area contributed by atoms with Crippen LogP contribution in [0.4, 0.5) is 0 Å². The minimum atomic E-state index is 0. The first-order valence-corrected chi connectivity index (χ1v) is 7.78. The Labute approximate surface area is 136 Å². The fourth-order valence-corrected chi connectivity index (χ4v) is 3.86. The zero-order valence-electron chi connectivity index (χ0n) is 12.6. The molecule has 1 spiro atoms. The van der Waals surface area contributed by atoms with Gasteiger partial charge in [-0.1, -0.05) is 18.2 Å². The normalized spacial score (nSPS) is 24.9. The second-order valence-corrected chi connectivity index (χ2v) is 6.60. The number of nitrogens with one attached hydrogen (secondary N) is 2. The van der Waals surface area contributed by atoms with Gasteiger partial charge in [0.15, 0.2) is 0 Å². The third-order valence-electron chi connectivity index (χ3n) is 5.07. The lowest BCUT2D eigenvalue weighted by atomic mass is 9.87. The average Bonchev–Trinajstić information content (AvgIpc) is 3.10. The summed E-state index contributed by atoms with van der Waals surface area (Å²) in [6, 6.07) is 10.0. The molecule has 22 heavy (non-hydrogen) atoms. The summed E-state index contributed by atoms with van der Waals surface area (Å²) in [6.45, 7) is 5.27. The predicted molar refractivity (Wildman–Crippen MR) is 91.6 cm³/mol. The van der Waals surface area contributed by atoms with E-state index < -0.39 is 0 Å². The number of hydrogen-bond donors (Lipinski definition) is 2. The van der Waals surface area contributed by atoms with Crippen molar-refractivity contribution < 1.29 is 0 Å². The number of rotatable bonds is 2. The Morgan fingerprint density at radius 1 is 1.23 bits per heavy atom. The summed E-state index contributed by atoms with van der Waals surface area (Å²) in [7, 11) is 0. The number of para-hydroxylation sites is 1. The predicted octanol–water partition coefficient (Wildman–Crippen LogP) is 2.14. The number of aromatic amines is 1. The van der Waals surface area contributed by atoms with E-state index >= 15 is 0 Å². The number of nitrogens with zero attached hydrogens (tertiary/aromatic N) is 1. The number of pyridine rings is 1. The van der Waals surface area contributed by atoms with Crippen LogP contribution in [0.3, 0.4) is 0 Å². The zero-order valence-corrected chi connectivity index (χ0v) is 13.4. The van der Waals surface area contributed by atoms with Crippen molar-refractivity contribution in [2.24, 2.45) is 5.41 Å². The van der Waals surface area contributed by atoms with Crippen molar-refractivity contribution in [1.82, 2.24) is 15.2 Å². The molecule has 2 aliphatic rings. The number of hydrogen-bond acceptors (Lipinski definition) is 3. The van der Waals surface area contributed by atoms with E-state index in [1.54, 1.807) is 0 Å². The number of likely N-dealkylation sites (tertiary alicyclic amines) is 1. The van der Waals surface area contributed by atoms with Gasteiger partial charge in [0.2, 0.25) is 0 Å². The summed E-state index contributed by atoms with van der Waals surface area (Å²) in [5.41, 5.74) is 2.32. The lowest BCUT2D eigenvalue weighted by Crippen LogP contribution is -2.30. The van der Waals surface area contributed by atoms with Crippen molar-refractivity contribution in [2.75, 3.05) is 26.2 Å². The van der Waals surface area contributed by atoms with Crippen molar-refractivity contribution >= 4 is 23.3 Å². The highest BCUT2D eigenvalue weighted by atomic mass is 35.5. The monoisotopic (exact) mass is 319 g/mol. The standard InChI is InChI=1S/C17H21N3O.ClH/c21-16-14(9-13-3-1-2-4-15(13)19-16)10-20-8-6-17(12-20)5-7-18-11-17;/h1-4,9,18H,5-8,10-12H2,(H,19,21);1H. The van der Waals surface area contributed by atoms with Gasteiger partial charge in [-0.3, -0.25) is 9.69 Å². The highest BCUT2D eigenvalue weighted by Crippen LogP contribution is 2.36. The van der Waals surface area contributed by atoms with Crippen LogP contribution >= 0.6 is 12.4 Å². The first-order valence-electron chi connectivity index (χ1n) is 7.78. The minimum Gasteiger partial charge on any atom is -0.322 e. The molecule has 5 heteroatoms. The summed E-state index contributed by atoms with van der Waals surface area (Å²) in [4.78, 5) is 17.7. The van der Waals surface area contributed by atoms with Crippen molar-refractivity contribution in [3.8, 4) is 0 Å². The smallest absolute Gasteiger partial charge is 0.252 e. The Bertz CT molecular complexity index is 721. The van der Waals surface area contributed by atoms with Crippen molar-refractivity contribution in [2.45, 2.75) is 19.4 Å². The molecule has 2 N–H and O–H groups in total. The van der Waals surface area contributed by atoms with Crippen LogP contribution < -0.4 is 10.9 Å². The van der Waals surface area contributed by atoms with Crippen LogP contribution in [0.1, 0.15) is 18.4 Å². The van der Waals surface area contributed by atoms with Crippen LogP contribution in [0.5, 0.6) is 0 Å². The molecule has 118 valence electrons. The summed E-state index contributed by atoms with van der Waals surface area (Å²) in [5.74, 6) is 0. The molecular formula is C17H22ClN3O. The molecule has 2 aliphatic heterocycles. The largest absolute Gasteiger partial charge is 0.322 e. The van der Waals surface area contributed by atoms with Gasteiger partial charge in [-0.05, 0) is 48.9 Å². The maximum Gasteiger partial charge on any atom is 0.252 e. The third-order valence-corrected chi connectivity index (χ3v) is 5.07. The topological polar surface area (TPSA) is 48.1 Å². The van der Waals surface area contributed by atoms with Crippen LogP contribution in [0.15, 0.2) is 35.1 Å². The fourth-order valence-electron chi connectivity index (χ4n) is 3.86. The third kappa shape index (κ3) is 2.78. The van der Waals surface area contributed by atoms with Gasteiger partial charge in [0.25, 0.3) is 5.56 Å². The SMILES string of the molecule is Cl.O=c1[nH]c2ccccc2cc1CN1CCC2(CCNC2)C1. The van der Waals surface area contributed by atoms with E-state index in [0.29, 0.717) is 5.41 Å². The Morgan fingerprint density at radius 2 is 2.09 bits per heavy atom. The van der Waals surface area contributed by atoms with Gasteiger partial charge in [0.1, 0.15) is 0 Å². The Balaban J connectivity index is 0.00000144. The lowest BCUT2D eigenvalue weighted by molar-refractivity contribution is 0.268. The summed E-state index contributed by atoms with van der Waals surface area (Å²) < 4.78 is 0. The number of benzene rings is 1. The molecule has 4 rings (SSSR count). The van der Waals surface area contributed by atoms with E-state index in [4.69, 9.17) is 0 Å². The van der Waals surface area contributed by atoms with E-state index in [9.17, 15) is 4.79 Å². The Hall–Kier alpha value is -1.36. The van der Waals surface area contributed by atoms with E-state index in [-0.39, 0.29) is 18.0 Å². The van der Waals surface area contributed by atoms with E-state index in [1.165, 1.54) is 12.8 Å². The first-order chi connectivity index (χ1) is 10.2. The summed E-state index contributed by atoms with van der Waals surface area (Å²) in [5, 5.41) is 4.59.